The molecule has 1 unspecified atom stereocenters. The molecule has 0 spiro atoms. The number of anilines is 1. The molecule has 0 saturated heterocycles. The van der Waals surface area contributed by atoms with Gasteiger partial charge in [0.25, 0.3) is 5.56 Å². The average molecular weight is 555 g/mol. The number of carboxylic acids is 1. The van der Waals surface area contributed by atoms with Gasteiger partial charge in [-0.2, -0.15) is 0 Å². The Kier molecular flexibility index (Phi) is 9.75. The number of ether oxygens (including phenoxy) is 1. The van der Waals surface area contributed by atoms with E-state index in [2.05, 4.69) is 10.3 Å². The maximum Gasteiger partial charge on any atom is 0.410 e. The molecule has 1 atom stereocenters. The van der Waals surface area contributed by atoms with Crippen LogP contribution < -0.4 is 10.9 Å². The van der Waals surface area contributed by atoms with Gasteiger partial charge in [-0.1, -0.05) is 66.2 Å². The van der Waals surface area contributed by atoms with Crippen LogP contribution in [0.15, 0.2) is 59.4 Å². The standard InChI is InChI=1S/C29H35ClN4O5/c1-19-24(30)32-25(26(35)34(19)23(27(36)37)17-20-10-7-6-8-11-20)31-15-14-21-12-9-13-22(16-21)18-33(5)28(38)39-29(2,3)4/h6-13,16,23H,14-15,17-18H2,1-5H3,(H,31,32)(H,36,37). The number of carbonyl (C=O) groups is 2. The molecule has 0 saturated carbocycles. The lowest BCUT2D eigenvalue weighted by Gasteiger charge is -2.24. The maximum atomic E-state index is 13.3. The number of benzene rings is 2. The molecule has 0 radical (unpaired) electrons. The predicted molar refractivity (Wildman–Crippen MR) is 151 cm³/mol. The van der Waals surface area contributed by atoms with Crippen LogP contribution >= 0.6 is 11.6 Å². The first-order valence-electron chi connectivity index (χ1n) is 12.7. The lowest BCUT2D eigenvalue weighted by atomic mass is 10.1. The fraction of sp³-hybridized carbons (Fsp3) is 0.379. The van der Waals surface area contributed by atoms with Crippen LogP contribution in [0.1, 0.15) is 49.2 Å². The number of nitrogens with one attached hydrogen (secondary N) is 1. The van der Waals surface area contributed by atoms with Crippen molar-refractivity contribution in [3.05, 3.63) is 92.5 Å². The third kappa shape index (κ3) is 8.32. The molecular weight excluding hydrogens is 520 g/mol. The molecule has 0 aliphatic rings. The van der Waals surface area contributed by atoms with Crippen LogP contribution in [-0.4, -0.2) is 50.8 Å². The highest BCUT2D eigenvalue weighted by Gasteiger charge is 2.26. The largest absolute Gasteiger partial charge is 0.480 e. The summed E-state index contributed by atoms with van der Waals surface area (Å²) in [6.45, 7) is 7.80. The second-order valence-electron chi connectivity index (χ2n) is 10.4. The minimum Gasteiger partial charge on any atom is -0.480 e. The zero-order chi connectivity index (χ0) is 28.7. The monoisotopic (exact) mass is 554 g/mol. The number of aromatic nitrogens is 2. The smallest absolute Gasteiger partial charge is 0.410 e. The first-order chi connectivity index (χ1) is 18.4. The molecule has 0 aliphatic carbocycles. The molecule has 39 heavy (non-hydrogen) atoms. The summed E-state index contributed by atoms with van der Waals surface area (Å²) < 4.78 is 6.60. The molecule has 10 heteroatoms. The van der Waals surface area contributed by atoms with Gasteiger partial charge in [-0.05, 0) is 50.8 Å². The highest BCUT2D eigenvalue weighted by atomic mass is 35.5. The first kappa shape index (κ1) is 29.7. The van der Waals surface area contributed by atoms with Crippen LogP contribution in [0.2, 0.25) is 5.15 Å². The summed E-state index contributed by atoms with van der Waals surface area (Å²) in [5.41, 5.74) is 1.88. The molecule has 3 rings (SSSR count). The minimum absolute atomic E-state index is 0.00859. The molecule has 1 heterocycles. The van der Waals surface area contributed by atoms with E-state index in [0.29, 0.717) is 19.5 Å². The van der Waals surface area contributed by atoms with Crippen molar-refractivity contribution in [3.8, 4) is 0 Å². The molecule has 208 valence electrons. The Morgan fingerprint density at radius 2 is 1.74 bits per heavy atom. The third-order valence-corrected chi connectivity index (χ3v) is 6.34. The molecule has 0 fully saturated rings. The second-order valence-corrected chi connectivity index (χ2v) is 10.7. The Labute approximate surface area is 233 Å². The van der Waals surface area contributed by atoms with Gasteiger partial charge in [-0.25, -0.2) is 14.6 Å². The summed E-state index contributed by atoms with van der Waals surface area (Å²) in [7, 11) is 1.68. The van der Waals surface area contributed by atoms with Gasteiger partial charge in [-0.15, -0.1) is 0 Å². The zero-order valence-electron chi connectivity index (χ0n) is 22.9. The molecule has 2 aromatic carbocycles. The number of hydrogen-bond donors (Lipinski definition) is 2. The van der Waals surface area contributed by atoms with E-state index < -0.39 is 29.3 Å². The molecule has 0 bridgehead atoms. The van der Waals surface area contributed by atoms with Gasteiger partial charge in [0.1, 0.15) is 11.6 Å². The Morgan fingerprint density at radius 3 is 2.38 bits per heavy atom. The van der Waals surface area contributed by atoms with Crippen molar-refractivity contribution in [3.63, 3.8) is 0 Å². The number of amides is 1. The van der Waals surface area contributed by atoms with Crippen LogP contribution in [0, 0.1) is 6.92 Å². The van der Waals surface area contributed by atoms with Crippen molar-refractivity contribution in [2.24, 2.45) is 0 Å². The van der Waals surface area contributed by atoms with Gasteiger partial charge < -0.3 is 20.1 Å². The van der Waals surface area contributed by atoms with Gasteiger partial charge in [0.15, 0.2) is 11.0 Å². The van der Waals surface area contributed by atoms with E-state index in [1.54, 1.807) is 14.0 Å². The molecule has 1 amide bonds. The lowest BCUT2D eigenvalue weighted by Crippen LogP contribution is -2.35. The number of aliphatic carboxylic acids is 1. The van der Waals surface area contributed by atoms with Crippen molar-refractivity contribution in [1.82, 2.24) is 14.5 Å². The van der Waals surface area contributed by atoms with E-state index in [-0.39, 0.29) is 23.1 Å². The summed E-state index contributed by atoms with van der Waals surface area (Å²) >= 11 is 6.33. The fourth-order valence-electron chi connectivity index (χ4n) is 4.10. The predicted octanol–water partition coefficient (Wildman–Crippen LogP) is 5.10. The van der Waals surface area contributed by atoms with E-state index in [9.17, 15) is 19.5 Å². The Morgan fingerprint density at radius 1 is 1.10 bits per heavy atom. The van der Waals surface area contributed by atoms with Crippen LogP contribution in [0.25, 0.3) is 0 Å². The van der Waals surface area contributed by atoms with E-state index in [4.69, 9.17) is 16.3 Å². The fourth-order valence-corrected chi connectivity index (χ4v) is 4.27. The quantitative estimate of drug-likeness (QED) is 0.358. The Hall–Kier alpha value is -3.85. The van der Waals surface area contributed by atoms with Crippen LogP contribution in [0.5, 0.6) is 0 Å². The first-order valence-corrected chi connectivity index (χ1v) is 13.0. The number of rotatable bonds is 10. The van der Waals surface area contributed by atoms with Crippen LogP contribution in [0.3, 0.4) is 0 Å². The highest BCUT2D eigenvalue weighted by molar-refractivity contribution is 6.30. The van der Waals surface area contributed by atoms with E-state index in [1.165, 1.54) is 9.47 Å². The molecule has 9 nitrogen and oxygen atoms in total. The van der Waals surface area contributed by atoms with Crippen molar-refractivity contribution in [2.75, 3.05) is 18.9 Å². The summed E-state index contributed by atoms with van der Waals surface area (Å²) in [6.07, 6.45) is 0.282. The number of nitrogens with zero attached hydrogens (tertiary/aromatic N) is 3. The summed E-state index contributed by atoms with van der Waals surface area (Å²) in [5.74, 6) is -1.14. The van der Waals surface area contributed by atoms with Gasteiger partial charge in [0, 0.05) is 26.6 Å². The summed E-state index contributed by atoms with van der Waals surface area (Å²) in [6, 6.07) is 15.7. The van der Waals surface area contributed by atoms with Crippen molar-refractivity contribution >= 4 is 29.5 Å². The van der Waals surface area contributed by atoms with Crippen molar-refractivity contribution in [2.45, 2.75) is 58.7 Å². The number of hydrogen-bond acceptors (Lipinski definition) is 6. The molecule has 0 aliphatic heterocycles. The molecule has 3 aromatic rings. The highest BCUT2D eigenvalue weighted by Crippen LogP contribution is 2.21. The number of carboxylic acid groups (broad SMARTS) is 1. The summed E-state index contributed by atoms with van der Waals surface area (Å²) in [4.78, 5) is 43.5. The Balaban J connectivity index is 1.72. The van der Waals surface area contributed by atoms with E-state index >= 15 is 0 Å². The van der Waals surface area contributed by atoms with Crippen LogP contribution in [0.4, 0.5) is 10.6 Å². The molecular formula is C29H35ClN4O5. The maximum absolute atomic E-state index is 13.3. The van der Waals surface area contributed by atoms with Gasteiger partial charge in [0.2, 0.25) is 0 Å². The molecule has 2 N–H and O–H groups in total. The van der Waals surface area contributed by atoms with E-state index in [0.717, 1.165) is 16.7 Å². The summed E-state index contributed by atoms with van der Waals surface area (Å²) in [5, 5.41) is 13.0. The second kappa shape index (κ2) is 12.8. The van der Waals surface area contributed by atoms with Gasteiger partial charge in [-0.3, -0.25) is 9.36 Å². The van der Waals surface area contributed by atoms with Gasteiger partial charge >= 0.3 is 12.1 Å². The normalized spacial score (nSPS) is 12.1. The average Bonchev–Trinajstić information content (AvgIpc) is 2.86. The lowest BCUT2D eigenvalue weighted by molar-refractivity contribution is -0.141. The molecule has 1 aromatic heterocycles. The number of carbonyl (C=O) groups excluding carboxylic acids is 1. The SMILES string of the molecule is Cc1c(Cl)nc(NCCc2cccc(CN(C)C(=O)OC(C)(C)C)c2)c(=O)n1C(Cc1ccccc1)C(=O)O. The number of halogens is 1. The topological polar surface area (TPSA) is 114 Å². The van der Waals surface area contributed by atoms with E-state index in [1.807, 2.05) is 75.4 Å². The van der Waals surface area contributed by atoms with Crippen molar-refractivity contribution < 1.29 is 19.4 Å². The zero-order valence-corrected chi connectivity index (χ0v) is 23.7. The Bertz CT molecular complexity index is 1370. The van der Waals surface area contributed by atoms with Gasteiger partial charge in [0.05, 0.1) is 5.69 Å². The third-order valence-electron chi connectivity index (χ3n) is 5.98. The minimum atomic E-state index is -1.14. The van der Waals surface area contributed by atoms with Crippen LogP contribution in [-0.2, 0) is 28.9 Å². The van der Waals surface area contributed by atoms with Crippen molar-refractivity contribution in [1.29, 1.82) is 0 Å².